The zero-order valence-corrected chi connectivity index (χ0v) is 9.77. The summed E-state index contributed by atoms with van der Waals surface area (Å²) in [5.41, 5.74) is 7.60. The van der Waals surface area contributed by atoms with Crippen LogP contribution in [-0.4, -0.2) is 10.9 Å². The average molecular weight is 245 g/mol. The van der Waals surface area contributed by atoms with E-state index in [1.54, 1.807) is 18.2 Å². The largest absolute Gasteiger partial charge is 0.399 e. The monoisotopic (exact) mass is 245 g/mol. The number of benzene rings is 1. The molecular weight excluding hydrogens is 233 g/mol. The number of carbonyl (C=O) groups is 1. The molecule has 2 rings (SSSR count). The van der Waals surface area contributed by atoms with Gasteiger partial charge >= 0.3 is 0 Å². The van der Waals surface area contributed by atoms with E-state index in [1.165, 1.54) is 12.3 Å². The van der Waals surface area contributed by atoms with Crippen LogP contribution in [0.1, 0.15) is 15.9 Å². The molecule has 1 amide bonds. The van der Waals surface area contributed by atoms with Gasteiger partial charge in [-0.15, -0.1) is 0 Å². The van der Waals surface area contributed by atoms with Crippen molar-refractivity contribution in [2.75, 3.05) is 11.1 Å². The average Bonchev–Trinajstić information content (AvgIpc) is 2.33. The maximum Gasteiger partial charge on any atom is 0.258 e. The lowest BCUT2D eigenvalue weighted by atomic mass is 10.1. The molecule has 0 fully saturated rings. The van der Waals surface area contributed by atoms with Gasteiger partial charge in [0.1, 0.15) is 0 Å². The molecular formula is C13H12FN3O. The molecule has 0 saturated heterocycles. The molecule has 0 spiro atoms. The van der Waals surface area contributed by atoms with Crippen LogP contribution in [0.5, 0.6) is 0 Å². The van der Waals surface area contributed by atoms with E-state index >= 15 is 0 Å². The molecule has 18 heavy (non-hydrogen) atoms. The zero-order chi connectivity index (χ0) is 13.1. The minimum atomic E-state index is -0.650. The molecule has 4 nitrogen and oxygen atoms in total. The molecule has 0 aliphatic rings. The van der Waals surface area contributed by atoms with Gasteiger partial charge in [-0.05, 0) is 36.8 Å². The second-order valence-electron chi connectivity index (χ2n) is 3.88. The van der Waals surface area contributed by atoms with Gasteiger partial charge in [-0.25, -0.2) is 4.39 Å². The van der Waals surface area contributed by atoms with Gasteiger partial charge in [-0.1, -0.05) is 0 Å². The number of rotatable bonds is 2. The highest BCUT2D eigenvalue weighted by atomic mass is 19.1. The zero-order valence-electron chi connectivity index (χ0n) is 9.77. The Bertz CT molecular complexity index is 599. The van der Waals surface area contributed by atoms with E-state index in [0.29, 0.717) is 11.4 Å². The van der Waals surface area contributed by atoms with Gasteiger partial charge in [-0.3, -0.25) is 9.78 Å². The normalized spacial score (nSPS) is 10.1. The lowest BCUT2D eigenvalue weighted by Gasteiger charge is -2.09. The lowest BCUT2D eigenvalue weighted by molar-refractivity contribution is 0.102. The molecule has 0 atom stereocenters. The maximum absolute atomic E-state index is 13.4. The summed E-state index contributed by atoms with van der Waals surface area (Å²) in [6, 6.07) is 6.42. The predicted octanol–water partition coefficient (Wildman–Crippen LogP) is 2.36. The molecule has 0 unspecified atom stereocenters. The molecule has 0 aliphatic carbocycles. The molecule has 0 radical (unpaired) electrons. The number of pyridine rings is 1. The Balaban J connectivity index is 2.24. The summed E-state index contributed by atoms with van der Waals surface area (Å²) in [6.45, 7) is 1.81. The Morgan fingerprint density at radius 1 is 1.39 bits per heavy atom. The first-order chi connectivity index (χ1) is 8.58. The predicted molar refractivity (Wildman–Crippen MR) is 67.7 cm³/mol. The van der Waals surface area contributed by atoms with E-state index < -0.39 is 11.7 Å². The fourth-order valence-corrected chi connectivity index (χ4v) is 1.58. The standard InChI is InChI=1S/C13H12FN3O/c1-8-6-9(15)2-3-12(8)17-13(18)10-4-5-16-7-11(10)14/h2-7H,15H2,1H3,(H,17,18). The molecule has 0 aliphatic heterocycles. The van der Waals surface area contributed by atoms with E-state index in [-0.39, 0.29) is 5.56 Å². The van der Waals surface area contributed by atoms with E-state index in [1.807, 2.05) is 6.92 Å². The topological polar surface area (TPSA) is 68.0 Å². The van der Waals surface area contributed by atoms with Crippen LogP contribution in [0.2, 0.25) is 0 Å². The van der Waals surface area contributed by atoms with Crippen molar-refractivity contribution in [3.63, 3.8) is 0 Å². The minimum absolute atomic E-state index is 0.0405. The highest BCUT2D eigenvalue weighted by Gasteiger charge is 2.12. The van der Waals surface area contributed by atoms with E-state index in [0.717, 1.165) is 11.8 Å². The van der Waals surface area contributed by atoms with Crippen molar-refractivity contribution < 1.29 is 9.18 Å². The van der Waals surface area contributed by atoms with Crippen LogP contribution in [0.3, 0.4) is 0 Å². The molecule has 3 N–H and O–H groups in total. The van der Waals surface area contributed by atoms with Crippen LogP contribution in [0.4, 0.5) is 15.8 Å². The Labute approximate surface area is 104 Å². The number of aryl methyl sites for hydroxylation is 1. The number of amides is 1. The van der Waals surface area contributed by atoms with Crippen molar-refractivity contribution in [3.05, 3.63) is 53.6 Å². The molecule has 5 heteroatoms. The summed E-state index contributed by atoms with van der Waals surface area (Å²) in [6.07, 6.45) is 2.37. The number of nitrogens with two attached hydrogens (primary N) is 1. The first-order valence-electron chi connectivity index (χ1n) is 5.35. The van der Waals surface area contributed by atoms with Crippen molar-refractivity contribution in [2.45, 2.75) is 6.92 Å². The molecule has 2 aromatic rings. The number of halogens is 1. The number of hydrogen-bond donors (Lipinski definition) is 2. The minimum Gasteiger partial charge on any atom is -0.399 e. The van der Waals surface area contributed by atoms with Crippen LogP contribution in [-0.2, 0) is 0 Å². The number of aromatic nitrogens is 1. The second kappa shape index (κ2) is 4.83. The highest BCUT2D eigenvalue weighted by molar-refractivity contribution is 6.04. The third kappa shape index (κ3) is 2.45. The SMILES string of the molecule is Cc1cc(N)ccc1NC(=O)c1ccncc1F. The van der Waals surface area contributed by atoms with Gasteiger partial charge in [0.2, 0.25) is 0 Å². The number of anilines is 2. The van der Waals surface area contributed by atoms with E-state index in [2.05, 4.69) is 10.3 Å². The van der Waals surface area contributed by atoms with E-state index in [4.69, 9.17) is 5.73 Å². The van der Waals surface area contributed by atoms with Crippen molar-refractivity contribution in [1.29, 1.82) is 0 Å². The Hall–Kier alpha value is -2.43. The first kappa shape index (κ1) is 12.0. The molecule has 1 aromatic heterocycles. The summed E-state index contributed by atoms with van der Waals surface area (Å²) in [5.74, 6) is -1.16. The fourth-order valence-electron chi connectivity index (χ4n) is 1.58. The van der Waals surface area contributed by atoms with Crippen LogP contribution in [0.15, 0.2) is 36.7 Å². The third-order valence-electron chi connectivity index (χ3n) is 2.52. The Kier molecular flexibility index (Phi) is 3.23. The second-order valence-corrected chi connectivity index (χ2v) is 3.88. The highest BCUT2D eigenvalue weighted by Crippen LogP contribution is 2.18. The Morgan fingerprint density at radius 2 is 2.17 bits per heavy atom. The van der Waals surface area contributed by atoms with Crippen LogP contribution < -0.4 is 11.1 Å². The molecule has 92 valence electrons. The van der Waals surface area contributed by atoms with Crippen molar-refractivity contribution in [2.24, 2.45) is 0 Å². The summed E-state index contributed by atoms with van der Waals surface area (Å²) >= 11 is 0. The van der Waals surface area contributed by atoms with E-state index in [9.17, 15) is 9.18 Å². The third-order valence-corrected chi connectivity index (χ3v) is 2.52. The van der Waals surface area contributed by atoms with Crippen molar-refractivity contribution in [3.8, 4) is 0 Å². The molecule has 0 bridgehead atoms. The van der Waals surface area contributed by atoms with Crippen LogP contribution in [0, 0.1) is 12.7 Å². The fraction of sp³-hybridized carbons (Fsp3) is 0.0769. The molecule has 1 aromatic carbocycles. The number of nitrogen functional groups attached to an aromatic ring is 1. The number of nitrogens with zero attached hydrogens (tertiary/aromatic N) is 1. The summed E-state index contributed by atoms with van der Waals surface area (Å²) in [4.78, 5) is 15.5. The van der Waals surface area contributed by atoms with Crippen molar-refractivity contribution >= 4 is 17.3 Å². The van der Waals surface area contributed by atoms with Gasteiger partial charge in [-0.2, -0.15) is 0 Å². The lowest BCUT2D eigenvalue weighted by Crippen LogP contribution is -2.14. The summed E-state index contributed by atoms with van der Waals surface area (Å²) in [7, 11) is 0. The summed E-state index contributed by atoms with van der Waals surface area (Å²) < 4.78 is 13.4. The van der Waals surface area contributed by atoms with Gasteiger partial charge in [0.25, 0.3) is 5.91 Å². The molecule has 1 heterocycles. The van der Waals surface area contributed by atoms with Gasteiger partial charge in [0, 0.05) is 17.6 Å². The summed E-state index contributed by atoms with van der Waals surface area (Å²) in [5, 5.41) is 2.63. The molecule has 0 saturated carbocycles. The van der Waals surface area contributed by atoms with Gasteiger partial charge < -0.3 is 11.1 Å². The number of nitrogens with one attached hydrogen (secondary N) is 1. The van der Waals surface area contributed by atoms with Crippen LogP contribution in [0.25, 0.3) is 0 Å². The quantitative estimate of drug-likeness (QED) is 0.798. The number of hydrogen-bond acceptors (Lipinski definition) is 3. The first-order valence-corrected chi connectivity index (χ1v) is 5.35. The maximum atomic E-state index is 13.4. The van der Waals surface area contributed by atoms with Gasteiger partial charge in [0.05, 0.1) is 11.8 Å². The van der Waals surface area contributed by atoms with Crippen molar-refractivity contribution in [1.82, 2.24) is 4.98 Å². The van der Waals surface area contributed by atoms with Crippen LogP contribution >= 0.6 is 0 Å². The smallest absolute Gasteiger partial charge is 0.258 e. The number of carbonyl (C=O) groups excluding carboxylic acids is 1. The van der Waals surface area contributed by atoms with Gasteiger partial charge in [0.15, 0.2) is 5.82 Å². The Morgan fingerprint density at radius 3 is 2.83 bits per heavy atom.